The third-order valence-corrected chi connectivity index (χ3v) is 7.34. The highest BCUT2D eigenvalue weighted by Gasteiger charge is 2.30. The number of pyridine rings is 1. The van der Waals surface area contributed by atoms with E-state index < -0.39 is 22.2 Å². The first-order chi connectivity index (χ1) is 13.5. The number of rotatable bonds is 5. The minimum Gasteiger partial charge on any atom is -0.391 e. The maximum atomic E-state index is 12.6. The van der Waals surface area contributed by atoms with E-state index in [0.717, 1.165) is 28.6 Å². The summed E-state index contributed by atoms with van der Waals surface area (Å²) in [6.45, 7) is 0. The standard InChI is InChI=1S/C21H23N3O3S/c25-20-3-1-2-18(20)24-28(26,27)15-8-6-13(7-9-15)16-10-11-22-21-17(16)12-19(23-21)14-4-5-14/h6-12,14,18,20,24-25H,1-5H2,(H,22,23)/t18-,20+/m0/s1. The summed E-state index contributed by atoms with van der Waals surface area (Å²) in [6.07, 6.45) is 5.76. The van der Waals surface area contributed by atoms with Crippen LogP contribution in [0, 0.1) is 0 Å². The molecule has 3 N–H and O–H groups in total. The van der Waals surface area contributed by atoms with Crippen molar-refractivity contribution in [1.29, 1.82) is 0 Å². The lowest BCUT2D eigenvalue weighted by Crippen LogP contribution is -2.39. The highest BCUT2D eigenvalue weighted by Crippen LogP contribution is 2.41. The molecule has 6 nitrogen and oxygen atoms in total. The molecule has 2 saturated carbocycles. The lowest BCUT2D eigenvalue weighted by atomic mass is 10.0. The quantitative estimate of drug-likeness (QED) is 0.616. The van der Waals surface area contributed by atoms with Gasteiger partial charge in [-0.1, -0.05) is 12.1 Å². The molecule has 146 valence electrons. The fraction of sp³-hybridized carbons (Fsp3) is 0.381. The summed E-state index contributed by atoms with van der Waals surface area (Å²) in [5, 5.41) is 11.0. The van der Waals surface area contributed by atoms with Crippen molar-refractivity contribution < 1.29 is 13.5 Å². The van der Waals surface area contributed by atoms with Crippen molar-refractivity contribution >= 4 is 21.1 Å². The van der Waals surface area contributed by atoms with Crippen LogP contribution < -0.4 is 4.72 Å². The fourth-order valence-electron chi connectivity index (χ4n) is 4.07. The van der Waals surface area contributed by atoms with Crippen LogP contribution in [-0.2, 0) is 10.0 Å². The molecule has 2 atom stereocenters. The fourth-order valence-corrected chi connectivity index (χ4v) is 5.38. The first-order valence-corrected chi connectivity index (χ1v) is 11.3. The number of nitrogens with one attached hydrogen (secondary N) is 2. The van der Waals surface area contributed by atoms with E-state index in [-0.39, 0.29) is 4.90 Å². The van der Waals surface area contributed by atoms with Crippen LogP contribution in [0.25, 0.3) is 22.2 Å². The molecule has 2 fully saturated rings. The van der Waals surface area contributed by atoms with Gasteiger partial charge in [-0.2, -0.15) is 0 Å². The Balaban J connectivity index is 1.44. The Morgan fingerprint density at radius 1 is 1.07 bits per heavy atom. The van der Waals surface area contributed by atoms with Gasteiger partial charge in [-0.05, 0) is 73.4 Å². The monoisotopic (exact) mass is 397 g/mol. The van der Waals surface area contributed by atoms with Crippen LogP contribution in [0.2, 0.25) is 0 Å². The van der Waals surface area contributed by atoms with E-state index in [4.69, 9.17) is 0 Å². The second-order valence-corrected chi connectivity index (χ2v) is 9.58. The third-order valence-electron chi connectivity index (χ3n) is 5.83. The number of sulfonamides is 1. The molecule has 2 aliphatic carbocycles. The van der Waals surface area contributed by atoms with Gasteiger partial charge >= 0.3 is 0 Å². The van der Waals surface area contributed by atoms with Gasteiger partial charge in [0.15, 0.2) is 0 Å². The summed E-state index contributed by atoms with van der Waals surface area (Å²) in [4.78, 5) is 8.06. The molecule has 0 radical (unpaired) electrons. The summed E-state index contributed by atoms with van der Waals surface area (Å²) in [7, 11) is -3.65. The Kier molecular flexibility index (Phi) is 4.26. The molecular formula is C21H23N3O3S. The van der Waals surface area contributed by atoms with Gasteiger partial charge in [-0.15, -0.1) is 0 Å². The SMILES string of the molecule is O=S(=O)(N[C@H]1CCC[C@H]1O)c1ccc(-c2ccnc3[nH]c(C4CC4)cc23)cc1. The lowest BCUT2D eigenvalue weighted by molar-refractivity contribution is 0.159. The zero-order chi connectivity index (χ0) is 19.3. The van der Waals surface area contributed by atoms with E-state index in [2.05, 4.69) is 20.8 Å². The number of H-pyrrole nitrogens is 1. The summed E-state index contributed by atoms with van der Waals surface area (Å²) >= 11 is 0. The summed E-state index contributed by atoms with van der Waals surface area (Å²) in [5.41, 5.74) is 4.09. The van der Waals surface area contributed by atoms with Crippen molar-refractivity contribution in [2.24, 2.45) is 0 Å². The van der Waals surface area contributed by atoms with Gasteiger partial charge in [0, 0.05) is 23.3 Å². The van der Waals surface area contributed by atoms with E-state index in [1.54, 1.807) is 18.3 Å². The molecule has 0 unspecified atom stereocenters. The zero-order valence-corrected chi connectivity index (χ0v) is 16.2. The van der Waals surface area contributed by atoms with Crippen molar-refractivity contribution in [3.8, 4) is 11.1 Å². The maximum Gasteiger partial charge on any atom is 0.240 e. The molecule has 5 rings (SSSR count). The lowest BCUT2D eigenvalue weighted by Gasteiger charge is -2.16. The van der Waals surface area contributed by atoms with Crippen LogP contribution in [-0.4, -0.2) is 35.6 Å². The average molecular weight is 398 g/mol. The van der Waals surface area contributed by atoms with Crippen molar-refractivity contribution in [2.45, 2.75) is 55.1 Å². The molecule has 7 heteroatoms. The van der Waals surface area contributed by atoms with Gasteiger partial charge < -0.3 is 10.1 Å². The van der Waals surface area contributed by atoms with Crippen LogP contribution in [0.15, 0.2) is 47.5 Å². The van der Waals surface area contributed by atoms with Gasteiger partial charge in [0.05, 0.1) is 11.0 Å². The number of hydrogen-bond acceptors (Lipinski definition) is 4. The third kappa shape index (κ3) is 3.23. The molecule has 0 amide bonds. The van der Waals surface area contributed by atoms with Crippen LogP contribution in [0.4, 0.5) is 0 Å². The Morgan fingerprint density at radius 3 is 2.54 bits per heavy atom. The highest BCUT2D eigenvalue weighted by atomic mass is 32.2. The topological polar surface area (TPSA) is 95.1 Å². The normalized spacial score (nSPS) is 22.8. The molecule has 1 aromatic carbocycles. The van der Waals surface area contributed by atoms with Crippen molar-refractivity contribution in [1.82, 2.24) is 14.7 Å². The predicted molar refractivity (Wildman–Crippen MR) is 107 cm³/mol. The molecule has 2 aromatic heterocycles. The number of aromatic amines is 1. The van der Waals surface area contributed by atoms with Crippen molar-refractivity contribution in [3.63, 3.8) is 0 Å². The van der Waals surface area contributed by atoms with Crippen molar-refractivity contribution in [3.05, 3.63) is 48.3 Å². The highest BCUT2D eigenvalue weighted by molar-refractivity contribution is 7.89. The second-order valence-electron chi connectivity index (χ2n) is 7.87. The molecule has 2 heterocycles. The molecule has 2 aliphatic rings. The Labute approximate surface area is 164 Å². The molecule has 0 spiro atoms. The summed E-state index contributed by atoms with van der Waals surface area (Å²) < 4.78 is 27.9. The Bertz CT molecular complexity index is 1120. The van der Waals surface area contributed by atoms with Gasteiger partial charge in [-0.3, -0.25) is 0 Å². The minimum absolute atomic E-state index is 0.216. The number of benzene rings is 1. The number of aromatic nitrogens is 2. The number of hydrogen-bond donors (Lipinski definition) is 3. The first kappa shape index (κ1) is 17.8. The maximum absolute atomic E-state index is 12.6. The van der Waals surface area contributed by atoms with E-state index in [9.17, 15) is 13.5 Å². The summed E-state index contributed by atoms with van der Waals surface area (Å²) in [6, 6.07) is 10.6. The number of aliphatic hydroxyl groups excluding tert-OH is 1. The summed E-state index contributed by atoms with van der Waals surface area (Å²) in [5.74, 6) is 0.617. The molecule has 0 bridgehead atoms. The van der Waals surface area contributed by atoms with Gasteiger partial charge in [0.1, 0.15) is 5.65 Å². The molecular weight excluding hydrogens is 374 g/mol. The number of nitrogens with zero attached hydrogens (tertiary/aromatic N) is 1. The molecule has 3 aromatic rings. The van der Waals surface area contributed by atoms with Crippen LogP contribution >= 0.6 is 0 Å². The van der Waals surface area contributed by atoms with Gasteiger partial charge in [0.25, 0.3) is 0 Å². The van der Waals surface area contributed by atoms with Crippen LogP contribution in [0.5, 0.6) is 0 Å². The largest absolute Gasteiger partial charge is 0.391 e. The number of fused-ring (bicyclic) bond motifs is 1. The molecule has 0 saturated heterocycles. The van der Waals surface area contributed by atoms with E-state index in [0.29, 0.717) is 18.8 Å². The molecule has 28 heavy (non-hydrogen) atoms. The average Bonchev–Trinajstić information content (AvgIpc) is 3.33. The van der Waals surface area contributed by atoms with Gasteiger partial charge in [0.2, 0.25) is 10.0 Å². The van der Waals surface area contributed by atoms with Crippen LogP contribution in [0.3, 0.4) is 0 Å². The predicted octanol–water partition coefficient (Wildman–Crippen LogP) is 3.30. The number of aliphatic hydroxyl groups is 1. The van der Waals surface area contributed by atoms with E-state index in [1.807, 2.05) is 18.2 Å². The van der Waals surface area contributed by atoms with Gasteiger partial charge in [-0.25, -0.2) is 18.1 Å². The second kappa shape index (κ2) is 6.69. The van der Waals surface area contributed by atoms with Crippen LogP contribution in [0.1, 0.15) is 43.7 Å². The van der Waals surface area contributed by atoms with Crippen molar-refractivity contribution in [2.75, 3.05) is 0 Å². The molecule has 0 aliphatic heterocycles. The zero-order valence-electron chi connectivity index (χ0n) is 15.4. The minimum atomic E-state index is -3.65. The Morgan fingerprint density at radius 2 is 1.86 bits per heavy atom. The van der Waals surface area contributed by atoms with E-state index in [1.165, 1.54) is 18.5 Å². The smallest absolute Gasteiger partial charge is 0.240 e. The Hall–Kier alpha value is -2.22. The van der Waals surface area contributed by atoms with E-state index >= 15 is 0 Å². The first-order valence-electron chi connectivity index (χ1n) is 9.80.